The van der Waals surface area contributed by atoms with E-state index in [1.54, 1.807) is 0 Å². The van der Waals surface area contributed by atoms with Crippen LogP contribution in [0.2, 0.25) is 0 Å². The van der Waals surface area contributed by atoms with Gasteiger partial charge in [0.05, 0.1) is 6.61 Å². The van der Waals surface area contributed by atoms with E-state index >= 15 is 0 Å². The minimum atomic E-state index is -8.64. The first kappa shape index (κ1) is 33.0. The van der Waals surface area contributed by atoms with Crippen molar-refractivity contribution < 1.29 is 84.2 Å². The van der Waals surface area contributed by atoms with Crippen molar-refractivity contribution in [1.29, 1.82) is 0 Å². The van der Waals surface area contributed by atoms with Gasteiger partial charge in [0.15, 0.2) is 0 Å². The first-order valence-corrected chi connectivity index (χ1v) is 8.62. The van der Waals surface area contributed by atoms with Gasteiger partial charge in [-0.15, -0.1) is 0 Å². The van der Waals surface area contributed by atoms with Crippen molar-refractivity contribution in [3.05, 3.63) is 12.2 Å². The summed E-state index contributed by atoms with van der Waals surface area (Å²) >= 11 is 0. The minimum absolute atomic E-state index is 0.238. The Morgan fingerprint density at radius 3 is 1.29 bits per heavy atom. The fourth-order valence-electron chi connectivity index (χ4n) is 2.09. The number of halogens is 17. The number of carbonyl (C=O) groups is 1. The predicted octanol–water partition coefficient (Wildman–Crippen LogP) is 7.29. The van der Waals surface area contributed by atoms with Crippen molar-refractivity contribution in [3.8, 4) is 0 Å². The lowest BCUT2D eigenvalue weighted by molar-refractivity contribution is -0.461. The molecule has 0 fully saturated rings. The highest BCUT2D eigenvalue weighted by molar-refractivity contribution is 5.86. The number of hydrogen-bond acceptors (Lipinski definition) is 2. The first-order chi connectivity index (χ1) is 15.1. The molecule has 0 aliphatic heterocycles. The van der Waals surface area contributed by atoms with E-state index in [0.717, 1.165) is 6.92 Å². The van der Waals surface area contributed by atoms with Gasteiger partial charge in [-0.25, -0.2) is 4.79 Å². The summed E-state index contributed by atoms with van der Waals surface area (Å²) < 4.78 is 227. The lowest BCUT2D eigenvalue weighted by Crippen LogP contribution is -2.74. The van der Waals surface area contributed by atoms with Crippen molar-refractivity contribution in [2.75, 3.05) is 6.61 Å². The molecule has 0 bridgehead atoms. The standard InChI is InChI=1S/C16H13F17O2/c1-7(2)8(34)35-6-4-3-5-9(17,18)10(19,20)11(21,22)12(23,24)13(25,26)14(27,28)15(29,30)16(31,32)33/h1,3-6H2,2H3. The fraction of sp³-hybridized carbons (Fsp3) is 0.812. The number of rotatable bonds is 12. The van der Waals surface area contributed by atoms with Crippen LogP contribution in [0.4, 0.5) is 74.6 Å². The van der Waals surface area contributed by atoms with E-state index in [2.05, 4.69) is 11.3 Å². The van der Waals surface area contributed by atoms with Gasteiger partial charge in [0.2, 0.25) is 0 Å². The molecule has 0 aromatic carbocycles. The number of carbonyl (C=O) groups excluding carboxylic acids is 1. The van der Waals surface area contributed by atoms with Crippen LogP contribution in [0, 0.1) is 0 Å². The summed E-state index contributed by atoms with van der Waals surface area (Å²) in [6, 6.07) is 0. The molecule has 0 aromatic rings. The topological polar surface area (TPSA) is 26.3 Å². The Hall–Kier alpha value is -1.98. The molecule has 2 nitrogen and oxygen atoms in total. The van der Waals surface area contributed by atoms with E-state index in [1.165, 1.54) is 0 Å². The average molecular weight is 560 g/mol. The molecule has 0 radical (unpaired) electrons. The van der Waals surface area contributed by atoms with Crippen LogP contribution in [0.5, 0.6) is 0 Å². The molecule has 0 rings (SSSR count). The van der Waals surface area contributed by atoms with Crippen LogP contribution in [-0.2, 0) is 9.53 Å². The zero-order valence-corrected chi connectivity index (χ0v) is 16.8. The smallest absolute Gasteiger partial charge is 0.460 e. The lowest BCUT2D eigenvalue weighted by Gasteiger charge is -2.42. The average Bonchev–Trinajstić information content (AvgIpc) is 2.65. The summed E-state index contributed by atoms with van der Waals surface area (Å²) in [7, 11) is 0. The normalized spacial score (nSPS) is 15.3. The third kappa shape index (κ3) is 5.27. The van der Waals surface area contributed by atoms with E-state index in [1.807, 2.05) is 0 Å². The van der Waals surface area contributed by atoms with Gasteiger partial charge in [0.1, 0.15) is 0 Å². The second kappa shape index (κ2) is 9.48. The zero-order chi connectivity index (χ0) is 28.7. The molecule has 0 N–H and O–H groups in total. The van der Waals surface area contributed by atoms with E-state index in [-0.39, 0.29) is 5.57 Å². The van der Waals surface area contributed by atoms with Crippen LogP contribution in [0.25, 0.3) is 0 Å². The molecule has 0 amide bonds. The Bertz CT molecular complexity index is 781. The summed E-state index contributed by atoms with van der Waals surface area (Å²) in [6.07, 6.45) is -12.6. The van der Waals surface area contributed by atoms with Gasteiger partial charge < -0.3 is 4.74 Å². The molecule has 19 heteroatoms. The Kier molecular flexibility index (Phi) is 8.94. The van der Waals surface area contributed by atoms with E-state index in [9.17, 15) is 79.4 Å². The van der Waals surface area contributed by atoms with Crippen molar-refractivity contribution in [2.24, 2.45) is 0 Å². The molecule has 208 valence electrons. The van der Waals surface area contributed by atoms with Gasteiger partial charge in [-0.2, -0.15) is 74.6 Å². The van der Waals surface area contributed by atoms with Crippen molar-refractivity contribution in [2.45, 2.75) is 73.8 Å². The Labute approximate surface area is 184 Å². The SMILES string of the molecule is C=C(C)C(=O)OCCCCC(F)(F)C(F)(F)C(F)(F)C(F)(F)C(F)(F)C(F)(F)C(F)(F)C(F)(F)F. The number of unbranched alkanes of at least 4 members (excludes halogenated alkanes) is 1. The van der Waals surface area contributed by atoms with Crippen LogP contribution in [-0.4, -0.2) is 60.2 Å². The van der Waals surface area contributed by atoms with Gasteiger partial charge in [-0.1, -0.05) is 6.58 Å². The number of alkyl halides is 17. The Balaban J connectivity index is 6.04. The van der Waals surface area contributed by atoms with Crippen LogP contribution in [0.3, 0.4) is 0 Å². The number of hydrogen-bond donors (Lipinski definition) is 0. The minimum Gasteiger partial charge on any atom is -0.462 e. The molecular formula is C16H13F17O2. The van der Waals surface area contributed by atoms with Crippen molar-refractivity contribution in [3.63, 3.8) is 0 Å². The largest absolute Gasteiger partial charge is 0.462 e. The summed E-state index contributed by atoms with van der Waals surface area (Å²) in [4.78, 5) is 11.0. The predicted molar refractivity (Wildman–Crippen MR) is 80.3 cm³/mol. The molecule has 0 heterocycles. The summed E-state index contributed by atoms with van der Waals surface area (Å²) in [5.41, 5.74) is -0.238. The molecule has 0 unspecified atom stereocenters. The maximum absolute atomic E-state index is 13.6. The monoisotopic (exact) mass is 560 g/mol. The molecule has 0 atom stereocenters. The van der Waals surface area contributed by atoms with Gasteiger partial charge in [0.25, 0.3) is 0 Å². The van der Waals surface area contributed by atoms with Crippen molar-refractivity contribution in [1.82, 2.24) is 0 Å². The third-order valence-corrected chi connectivity index (χ3v) is 4.25. The lowest BCUT2D eigenvalue weighted by atomic mass is 9.88. The summed E-state index contributed by atoms with van der Waals surface area (Å²) in [5, 5.41) is 0. The molecule has 0 saturated heterocycles. The highest BCUT2D eigenvalue weighted by Crippen LogP contribution is 2.64. The molecule has 0 aliphatic rings. The molecule has 0 aromatic heterocycles. The second-order valence-electron chi connectivity index (χ2n) is 7.02. The van der Waals surface area contributed by atoms with Gasteiger partial charge in [-0.05, 0) is 19.8 Å². The first-order valence-electron chi connectivity index (χ1n) is 8.62. The molecular weight excluding hydrogens is 547 g/mol. The molecule has 0 aliphatic carbocycles. The molecule has 0 spiro atoms. The van der Waals surface area contributed by atoms with Gasteiger partial charge in [0, 0.05) is 12.0 Å². The fourth-order valence-corrected chi connectivity index (χ4v) is 2.09. The molecule has 35 heavy (non-hydrogen) atoms. The second-order valence-corrected chi connectivity index (χ2v) is 7.02. The highest BCUT2D eigenvalue weighted by Gasteiger charge is 2.95. The number of esters is 1. The molecule has 0 saturated carbocycles. The van der Waals surface area contributed by atoms with Crippen LogP contribution in [0.15, 0.2) is 12.2 Å². The van der Waals surface area contributed by atoms with E-state index in [0.29, 0.717) is 0 Å². The maximum Gasteiger partial charge on any atom is 0.460 e. The van der Waals surface area contributed by atoms with Crippen LogP contribution >= 0.6 is 0 Å². The zero-order valence-electron chi connectivity index (χ0n) is 16.8. The van der Waals surface area contributed by atoms with Gasteiger partial charge in [-0.3, -0.25) is 0 Å². The quantitative estimate of drug-likeness (QED) is 0.109. The Morgan fingerprint density at radius 1 is 0.600 bits per heavy atom. The van der Waals surface area contributed by atoms with Crippen LogP contribution in [0.1, 0.15) is 26.2 Å². The van der Waals surface area contributed by atoms with Crippen LogP contribution < -0.4 is 0 Å². The maximum atomic E-state index is 13.6. The van der Waals surface area contributed by atoms with E-state index in [4.69, 9.17) is 0 Å². The third-order valence-electron chi connectivity index (χ3n) is 4.25. The summed E-state index contributed by atoms with van der Waals surface area (Å²) in [6.45, 7) is 3.32. The summed E-state index contributed by atoms with van der Waals surface area (Å²) in [5.74, 6) is -57.5. The Morgan fingerprint density at radius 2 is 0.943 bits per heavy atom. The van der Waals surface area contributed by atoms with Crippen molar-refractivity contribution >= 4 is 5.97 Å². The highest BCUT2D eigenvalue weighted by atomic mass is 19.4. The number of ether oxygens (including phenoxy) is 1. The van der Waals surface area contributed by atoms with Gasteiger partial charge >= 0.3 is 53.6 Å². The van der Waals surface area contributed by atoms with E-state index < -0.39 is 79.5 Å².